The van der Waals surface area contributed by atoms with E-state index in [0.717, 1.165) is 25.8 Å². The van der Waals surface area contributed by atoms with E-state index in [1.54, 1.807) is 0 Å². The van der Waals surface area contributed by atoms with Crippen molar-refractivity contribution >= 4 is 0 Å². The Kier molecular flexibility index (Phi) is 5.57. The molecule has 0 aliphatic rings. The van der Waals surface area contributed by atoms with Crippen molar-refractivity contribution in [3.05, 3.63) is 0 Å². The highest BCUT2D eigenvalue weighted by Crippen LogP contribution is 2.28. The molecule has 2 nitrogen and oxygen atoms in total. The number of unbranched alkanes of at least 4 members (excludes halogenated alkanes) is 1. The molecule has 0 saturated carbocycles. The van der Waals surface area contributed by atoms with E-state index < -0.39 is 0 Å². The second kappa shape index (κ2) is 5.61. The zero-order valence-electron chi connectivity index (χ0n) is 9.64. The van der Waals surface area contributed by atoms with E-state index in [0.29, 0.717) is 11.8 Å². The van der Waals surface area contributed by atoms with Gasteiger partial charge in [-0.05, 0) is 31.2 Å². The van der Waals surface area contributed by atoms with Crippen molar-refractivity contribution in [2.75, 3.05) is 6.54 Å². The molecule has 0 aliphatic heterocycles. The second-order valence-corrected chi connectivity index (χ2v) is 4.67. The summed E-state index contributed by atoms with van der Waals surface area (Å²) in [5.41, 5.74) is 11.8. The lowest BCUT2D eigenvalue weighted by atomic mass is 9.74. The van der Waals surface area contributed by atoms with Gasteiger partial charge in [-0.1, -0.05) is 34.1 Å². The molecule has 13 heavy (non-hydrogen) atoms. The Labute approximate surface area is 83.1 Å². The minimum Gasteiger partial charge on any atom is -0.330 e. The van der Waals surface area contributed by atoms with Gasteiger partial charge in [0.25, 0.3) is 0 Å². The van der Waals surface area contributed by atoms with Crippen molar-refractivity contribution in [1.82, 2.24) is 0 Å². The SMILES string of the molecule is CC(C)C(N)(CCCCN)C(C)C. The zero-order valence-corrected chi connectivity index (χ0v) is 9.64. The molecule has 0 aromatic rings. The maximum absolute atomic E-state index is 6.38. The van der Waals surface area contributed by atoms with Crippen LogP contribution in [0, 0.1) is 11.8 Å². The minimum atomic E-state index is -0.00479. The maximum Gasteiger partial charge on any atom is 0.0200 e. The summed E-state index contributed by atoms with van der Waals surface area (Å²) >= 11 is 0. The van der Waals surface area contributed by atoms with Crippen LogP contribution in [0.25, 0.3) is 0 Å². The van der Waals surface area contributed by atoms with E-state index in [1.807, 2.05) is 0 Å². The first-order chi connectivity index (χ1) is 5.95. The number of hydrogen-bond acceptors (Lipinski definition) is 2. The van der Waals surface area contributed by atoms with Crippen LogP contribution in [0.3, 0.4) is 0 Å². The Morgan fingerprint density at radius 1 is 1.00 bits per heavy atom. The quantitative estimate of drug-likeness (QED) is 0.624. The van der Waals surface area contributed by atoms with Gasteiger partial charge in [0, 0.05) is 5.54 Å². The molecule has 0 bridgehead atoms. The fourth-order valence-corrected chi connectivity index (χ4v) is 1.82. The maximum atomic E-state index is 6.38. The molecule has 4 N–H and O–H groups in total. The molecule has 0 atom stereocenters. The van der Waals surface area contributed by atoms with Crippen molar-refractivity contribution in [3.8, 4) is 0 Å². The van der Waals surface area contributed by atoms with Crippen LogP contribution in [0.4, 0.5) is 0 Å². The summed E-state index contributed by atoms with van der Waals surface area (Å²) in [4.78, 5) is 0. The van der Waals surface area contributed by atoms with Gasteiger partial charge in [-0.15, -0.1) is 0 Å². The summed E-state index contributed by atoms with van der Waals surface area (Å²) in [7, 11) is 0. The normalized spacial score (nSPS) is 12.9. The van der Waals surface area contributed by atoms with Crippen molar-refractivity contribution in [2.24, 2.45) is 23.3 Å². The van der Waals surface area contributed by atoms with Crippen molar-refractivity contribution in [2.45, 2.75) is 52.5 Å². The van der Waals surface area contributed by atoms with Gasteiger partial charge in [0.1, 0.15) is 0 Å². The Bertz CT molecular complexity index is 122. The summed E-state index contributed by atoms with van der Waals surface area (Å²) in [6, 6.07) is 0. The molecule has 0 aliphatic carbocycles. The van der Waals surface area contributed by atoms with Gasteiger partial charge in [0.15, 0.2) is 0 Å². The molecule has 0 heterocycles. The third-order valence-electron chi connectivity index (χ3n) is 3.21. The molecule has 0 fully saturated rings. The number of rotatable bonds is 6. The largest absolute Gasteiger partial charge is 0.330 e. The molecule has 0 unspecified atom stereocenters. The number of hydrogen-bond donors (Lipinski definition) is 2. The Morgan fingerprint density at radius 3 is 1.77 bits per heavy atom. The predicted octanol–water partition coefficient (Wildman–Crippen LogP) is 2.12. The summed E-state index contributed by atoms with van der Waals surface area (Å²) in [6.45, 7) is 9.63. The molecule has 0 rings (SSSR count). The second-order valence-electron chi connectivity index (χ2n) is 4.67. The summed E-state index contributed by atoms with van der Waals surface area (Å²) < 4.78 is 0. The predicted molar refractivity (Wildman–Crippen MR) is 59.5 cm³/mol. The number of nitrogens with two attached hydrogens (primary N) is 2. The zero-order chi connectivity index (χ0) is 10.5. The summed E-state index contributed by atoms with van der Waals surface area (Å²) in [5, 5.41) is 0. The molecule has 0 spiro atoms. The van der Waals surface area contributed by atoms with Crippen LogP contribution in [0.2, 0.25) is 0 Å². The van der Waals surface area contributed by atoms with Crippen LogP contribution in [-0.4, -0.2) is 12.1 Å². The van der Waals surface area contributed by atoms with Crippen LogP contribution in [0.1, 0.15) is 47.0 Å². The van der Waals surface area contributed by atoms with Gasteiger partial charge >= 0.3 is 0 Å². The van der Waals surface area contributed by atoms with Gasteiger partial charge < -0.3 is 11.5 Å². The van der Waals surface area contributed by atoms with Crippen LogP contribution in [-0.2, 0) is 0 Å². The Morgan fingerprint density at radius 2 is 1.46 bits per heavy atom. The fourth-order valence-electron chi connectivity index (χ4n) is 1.82. The third kappa shape index (κ3) is 3.65. The van der Waals surface area contributed by atoms with Gasteiger partial charge in [-0.25, -0.2) is 0 Å². The van der Waals surface area contributed by atoms with Crippen LogP contribution >= 0.6 is 0 Å². The van der Waals surface area contributed by atoms with E-state index in [-0.39, 0.29) is 5.54 Å². The van der Waals surface area contributed by atoms with E-state index >= 15 is 0 Å². The Balaban J connectivity index is 4.09. The van der Waals surface area contributed by atoms with E-state index in [9.17, 15) is 0 Å². The molecule has 0 radical (unpaired) electrons. The van der Waals surface area contributed by atoms with Crippen LogP contribution in [0.15, 0.2) is 0 Å². The third-order valence-corrected chi connectivity index (χ3v) is 3.21. The highest BCUT2D eigenvalue weighted by molar-refractivity contribution is 4.90. The first kappa shape index (κ1) is 12.9. The lowest BCUT2D eigenvalue weighted by Crippen LogP contribution is -2.49. The van der Waals surface area contributed by atoms with E-state index in [4.69, 9.17) is 11.5 Å². The smallest absolute Gasteiger partial charge is 0.0200 e. The minimum absolute atomic E-state index is 0.00479. The standard InChI is InChI=1S/C11H26N2/c1-9(2)11(13,10(3)4)7-5-6-8-12/h9-10H,5-8,12-13H2,1-4H3. The van der Waals surface area contributed by atoms with Crippen LogP contribution in [0.5, 0.6) is 0 Å². The van der Waals surface area contributed by atoms with Gasteiger partial charge in [-0.3, -0.25) is 0 Å². The molecule has 2 heteroatoms. The molecule has 0 aromatic carbocycles. The average Bonchev–Trinajstić information content (AvgIpc) is 2.03. The van der Waals surface area contributed by atoms with Crippen LogP contribution < -0.4 is 11.5 Å². The first-order valence-corrected chi connectivity index (χ1v) is 5.44. The molecule has 0 aromatic heterocycles. The Hall–Kier alpha value is -0.0800. The fraction of sp³-hybridized carbons (Fsp3) is 1.00. The van der Waals surface area contributed by atoms with Gasteiger partial charge in [0.05, 0.1) is 0 Å². The van der Waals surface area contributed by atoms with Crippen molar-refractivity contribution in [1.29, 1.82) is 0 Å². The lowest BCUT2D eigenvalue weighted by molar-refractivity contribution is 0.202. The molecule has 80 valence electrons. The van der Waals surface area contributed by atoms with Gasteiger partial charge in [-0.2, -0.15) is 0 Å². The first-order valence-electron chi connectivity index (χ1n) is 5.44. The highest BCUT2D eigenvalue weighted by Gasteiger charge is 2.31. The topological polar surface area (TPSA) is 52.0 Å². The monoisotopic (exact) mass is 186 g/mol. The average molecular weight is 186 g/mol. The van der Waals surface area contributed by atoms with Crippen molar-refractivity contribution < 1.29 is 0 Å². The van der Waals surface area contributed by atoms with Crippen molar-refractivity contribution in [3.63, 3.8) is 0 Å². The van der Waals surface area contributed by atoms with E-state index in [2.05, 4.69) is 27.7 Å². The molecule has 0 saturated heterocycles. The van der Waals surface area contributed by atoms with Gasteiger partial charge in [0.2, 0.25) is 0 Å². The molecular weight excluding hydrogens is 160 g/mol. The molecular formula is C11H26N2. The summed E-state index contributed by atoms with van der Waals surface area (Å²) in [5.74, 6) is 1.09. The summed E-state index contributed by atoms with van der Waals surface area (Å²) in [6.07, 6.45) is 3.35. The van der Waals surface area contributed by atoms with E-state index in [1.165, 1.54) is 0 Å². The highest BCUT2D eigenvalue weighted by atomic mass is 14.8. The lowest BCUT2D eigenvalue weighted by Gasteiger charge is -2.38. The molecule has 0 amide bonds.